The van der Waals surface area contributed by atoms with E-state index < -0.39 is 0 Å². The lowest BCUT2D eigenvalue weighted by atomic mass is 10.1. The normalized spacial score (nSPS) is 13.7. The van der Waals surface area contributed by atoms with Gasteiger partial charge in [-0.05, 0) is 37.1 Å². The van der Waals surface area contributed by atoms with Crippen LogP contribution in [-0.2, 0) is 4.79 Å². The molecular formula is C22H17N7O. The molecule has 0 spiro atoms. The van der Waals surface area contributed by atoms with Gasteiger partial charge in [-0.25, -0.2) is 0 Å². The first-order valence-electron chi connectivity index (χ1n) is 9.78. The summed E-state index contributed by atoms with van der Waals surface area (Å²) in [5, 5.41) is 12.5. The molecule has 146 valence electrons. The molecule has 0 saturated heterocycles. The quantitative estimate of drug-likeness (QED) is 0.427. The fourth-order valence-electron chi connectivity index (χ4n) is 3.62. The summed E-state index contributed by atoms with van der Waals surface area (Å²) < 4.78 is 0. The summed E-state index contributed by atoms with van der Waals surface area (Å²) in [4.78, 5) is 28.5. The number of rotatable bonds is 4. The highest BCUT2D eigenvalue weighted by atomic mass is 16.2. The second kappa shape index (κ2) is 6.48. The number of nitrogens with zero attached hydrogens (tertiary/aromatic N) is 4. The van der Waals surface area contributed by atoms with Crippen molar-refractivity contribution in [3.05, 3.63) is 55.2 Å². The van der Waals surface area contributed by atoms with Crippen LogP contribution in [0.3, 0.4) is 0 Å². The van der Waals surface area contributed by atoms with E-state index in [4.69, 9.17) is 0 Å². The van der Waals surface area contributed by atoms with Crippen LogP contribution >= 0.6 is 0 Å². The van der Waals surface area contributed by atoms with Crippen molar-refractivity contribution in [2.45, 2.75) is 12.8 Å². The van der Waals surface area contributed by atoms with Gasteiger partial charge in [0.05, 0.1) is 35.0 Å². The SMILES string of the molecule is O=C(Nc1cncc(-c2cc3c(-c4cc5cnccc5[nH]4)n[nH]c3cn2)c1)C1CC1. The van der Waals surface area contributed by atoms with Gasteiger partial charge in [-0.15, -0.1) is 0 Å². The molecule has 1 amide bonds. The van der Waals surface area contributed by atoms with E-state index >= 15 is 0 Å². The lowest BCUT2D eigenvalue weighted by molar-refractivity contribution is -0.117. The zero-order valence-corrected chi connectivity index (χ0v) is 15.9. The highest BCUT2D eigenvalue weighted by Crippen LogP contribution is 2.32. The molecule has 0 radical (unpaired) electrons. The average Bonchev–Trinajstić information content (AvgIpc) is 3.40. The number of aromatic amines is 2. The molecule has 5 heterocycles. The summed E-state index contributed by atoms with van der Waals surface area (Å²) in [5.41, 5.74) is 5.85. The van der Waals surface area contributed by atoms with Gasteiger partial charge in [0.1, 0.15) is 5.69 Å². The van der Waals surface area contributed by atoms with Crippen LogP contribution in [0.1, 0.15) is 12.8 Å². The third-order valence-corrected chi connectivity index (χ3v) is 5.37. The van der Waals surface area contributed by atoms with Gasteiger partial charge in [0.15, 0.2) is 0 Å². The van der Waals surface area contributed by atoms with Crippen molar-refractivity contribution in [1.29, 1.82) is 0 Å². The van der Waals surface area contributed by atoms with Gasteiger partial charge in [-0.2, -0.15) is 5.10 Å². The Kier molecular flexibility index (Phi) is 3.64. The third-order valence-electron chi connectivity index (χ3n) is 5.37. The van der Waals surface area contributed by atoms with Crippen LogP contribution < -0.4 is 5.32 Å². The summed E-state index contributed by atoms with van der Waals surface area (Å²) in [5.74, 6) is 0.200. The molecule has 6 rings (SSSR count). The average molecular weight is 395 g/mol. The Balaban J connectivity index is 1.40. The van der Waals surface area contributed by atoms with Gasteiger partial charge >= 0.3 is 0 Å². The molecule has 0 bridgehead atoms. The van der Waals surface area contributed by atoms with Crippen LogP contribution in [0.5, 0.6) is 0 Å². The molecule has 0 atom stereocenters. The van der Waals surface area contributed by atoms with E-state index in [1.165, 1.54) is 0 Å². The number of carbonyl (C=O) groups excluding carboxylic acids is 1. The zero-order chi connectivity index (χ0) is 20.1. The zero-order valence-electron chi connectivity index (χ0n) is 15.9. The first-order valence-corrected chi connectivity index (χ1v) is 9.78. The smallest absolute Gasteiger partial charge is 0.227 e. The van der Waals surface area contributed by atoms with Crippen molar-refractivity contribution in [2.24, 2.45) is 5.92 Å². The second-order valence-corrected chi connectivity index (χ2v) is 7.56. The van der Waals surface area contributed by atoms with Crippen molar-refractivity contribution in [3.8, 4) is 22.6 Å². The van der Waals surface area contributed by atoms with E-state index in [9.17, 15) is 4.79 Å². The van der Waals surface area contributed by atoms with Gasteiger partial charge in [-0.1, -0.05) is 0 Å². The van der Waals surface area contributed by atoms with Crippen molar-refractivity contribution >= 4 is 33.4 Å². The van der Waals surface area contributed by atoms with Crippen molar-refractivity contribution < 1.29 is 4.79 Å². The Morgan fingerprint density at radius 1 is 1.03 bits per heavy atom. The van der Waals surface area contributed by atoms with Gasteiger partial charge < -0.3 is 10.3 Å². The predicted molar refractivity (Wildman–Crippen MR) is 114 cm³/mol. The van der Waals surface area contributed by atoms with Gasteiger partial charge in [0, 0.05) is 46.4 Å². The molecule has 1 aliphatic carbocycles. The summed E-state index contributed by atoms with van der Waals surface area (Å²) in [6, 6.07) is 7.86. The standard InChI is InChI=1S/C22H17N7O/c30-22(12-1-2-12)26-15-5-13(9-24-10-15)18-7-16-20(11-25-18)28-29-21(16)19-6-14-8-23-4-3-17(14)27-19/h3-12,27H,1-2H2,(H,26,30)(H,28,29). The number of anilines is 1. The van der Waals surface area contributed by atoms with E-state index in [0.29, 0.717) is 5.69 Å². The number of H-pyrrole nitrogens is 2. The van der Waals surface area contributed by atoms with Crippen LogP contribution in [-0.4, -0.2) is 36.0 Å². The third kappa shape index (κ3) is 2.89. The van der Waals surface area contributed by atoms with Gasteiger partial charge in [-0.3, -0.25) is 24.8 Å². The molecule has 5 aromatic heterocycles. The number of hydrogen-bond donors (Lipinski definition) is 3. The number of aromatic nitrogens is 6. The molecule has 8 heteroatoms. The van der Waals surface area contributed by atoms with Gasteiger partial charge in [0.25, 0.3) is 0 Å². The molecule has 5 aromatic rings. The van der Waals surface area contributed by atoms with E-state index in [1.54, 1.807) is 24.8 Å². The van der Waals surface area contributed by atoms with E-state index in [-0.39, 0.29) is 11.8 Å². The number of amides is 1. The molecule has 0 unspecified atom stereocenters. The Bertz CT molecular complexity index is 1380. The molecule has 1 saturated carbocycles. The van der Waals surface area contributed by atoms with Crippen LogP contribution in [0.4, 0.5) is 5.69 Å². The van der Waals surface area contributed by atoms with Crippen molar-refractivity contribution in [2.75, 3.05) is 5.32 Å². The van der Waals surface area contributed by atoms with Crippen LogP contribution in [0.2, 0.25) is 0 Å². The monoisotopic (exact) mass is 395 g/mol. The summed E-state index contributed by atoms with van der Waals surface area (Å²) in [7, 11) is 0. The Labute approximate surface area is 170 Å². The largest absolute Gasteiger partial charge is 0.353 e. The minimum absolute atomic E-state index is 0.0581. The van der Waals surface area contributed by atoms with E-state index in [1.807, 2.05) is 30.5 Å². The first-order chi connectivity index (χ1) is 14.7. The van der Waals surface area contributed by atoms with Crippen LogP contribution in [0.25, 0.3) is 44.5 Å². The fraction of sp³-hybridized carbons (Fsp3) is 0.136. The number of fused-ring (bicyclic) bond motifs is 2. The van der Waals surface area contributed by atoms with E-state index in [2.05, 4.69) is 35.5 Å². The number of carbonyl (C=O) groups is 1. The second-order valence-electron chi connectivity index (χ2n) is 7.56. The minimum Gasteiger partial charge on any atom is -0.353 e. The molecule has 1 aliphatic rings. The Hall–Kier alpha value is -4.07. The molecule has 3 N–H and O–H groups in total. The summed E-state index contributed by atoms with van der Waals surface area (Å²) in [6.45, 7) is 0. The predicted octanol–water partition coefficient (Wildman–Crippen LogP) is 3.91. The summed E-state index contributed by atoms with van der Waals surface area (Å²) >= 11 is 0. The molecule has 30 heavy (non-hydrogen) atoms. The Morgan fingerprint density at radius 2 is 1.97 bits per heavy atom. The van der Waals surface area contributed by atoms with Gasteiger partial charge in [0.2, 0.25) is 5.91 Å². The maximum absolute atomic E-state index is 12.1. The summed E-state index contributed by atoms with van der Waals surface area (Å²) in [6.07, 6.45) is 10.7. The van der Waals surface area contributed by atoms with Crippen molar-refractivity contribution in [3.63, 3.8) is 0 Å². The fourth-order valence-corrected chi connectivity index (χ4v) is 3.62. The molecule has 0 aliphatic heterocycles. The highest BCUT2D eigenvalue weighted by Gasteiger charge is 2.29. The molecule has 0 aromatic carbocycles. The lowest BCUT2D eigenvalue weighted by Crippen LogP contribution is -2.13. The molecule has 1 fully saturated rings. The van der Waals surface area contributed by atoms with Crippen LogP contribution in [0, 0.1) is 5.92 Å². The first kappa shape index (κ1) is 16.8. The maximum Gasteiger partial charge on any atom is 0.227 e. The topological polar surface area (TPSA) is 112 Å². The van der Waals surface area contributed by atoms with E-state index in [0.717, 1.165) is 57.3 Å². The number of pyridine rings is 3. The Morgan fingerprint density at radius 3 is 2.83 bits per heavy atom. The van der Waals surface area contributed by atoms with Crippen LogP contribution in [0.15, 0.2) is 55.2 Å². The minimum atomic E-state index is 0.0581. The number of hydrogen-bond acceptors (Lipinski definition) is 5. The molecular weight excluding hydrogens is 378 g/mol. The maximum atomic E-state index is 12.1. The highest BCUT2D eigenvalue weighted by molar-refractivity contribution is 5.97. The van der Waals surface area contributed by atoms with Crippen molar-refractivity contribution in [1.82, 2.24) is 30.1 Å². The lowest BCUT2D eigenvalue weighted by Gasteiger charge is -2.06. The molecule has 8 nitrogen and oxygen atoms in total. The number of nitrogens with one attached hydrogen (secondary N) is 3.